The van der Waals surface area contributed by atoms with Crippen molar-refractivity contribution in [1.82, 2.24) is 14.5 Å². The Labute approximate surface area is 132 Å². The van der Waals surface area contributed by atoms with Crippen LogP contribution in [0.2, 0.25) is 0 Å². The van der Waals surface area contributed by atoms with Crippen LogP contribution in [0.1, 0.15) is 23.7 Å². The second kappa shape index (κ2) is 6.03. The predicted molar refractivity (Wildman–Crippen MR) is 86.4 cm³/mol. The molecule has 0 aliphatic heterocycles. The van der Waals surface area contributed by atoms with E-state index in [1.165, 1.54) is 0 Å². The highest BCUT2D eigenvalue weighted by Gasteiger charge is 2.15. The van der Waals surface area contributed by atoms with E-state index >= 15 is 0 Å². The highest BCUT2D eigenvalue weighted by Crippen LogP contribution is 2.27. The number of thiazole rings is 1. The molecule has 0 amide bonds. The smallest absolute Gasteiger partial charge is 0.124 e. The second-order valence-electron chi connectivity index (χ2n) is 4.90. The highest BCUT2D eigenvalue weighted by molar-refractivity contribution is 7.09. The fourth-order valence-corrected chi connectivity index (χ4v) is 3.31. The number of imidazole rings is 1. The van der Waals surface area contributed by atoms with Gasteiger partial charge in [-0.05, 0) is 12.1 Å². The van der Waals surface area contributed by atoms with Gasteiger partial charge in [0, 0.05) is 30.1 Å². The van der Waals surface area contributed by atoms with Crippen LogP contribution >= 0.6 is 22.9 Å². The topological polar surface area (TPSA) is 39.9 Å². The number of fused-ring (bicyclic) bond motifs is 1. The van der Waals surface area contributed by atoms with Gasteiger partial charge < -0.3 is 9.30 Å². The van der Waals surface area contributed by atoms with Gasteiger partial charge >= 0.3 is 0 Å². The average Bonchev–Trinajstić information content (AvgIpc) is 3.14. The van der Waals surface area contributed by atoms with Gasteiger partial charge in [-0.15, -0.1) is 22.9 Å². The third kappa shape index (κ3) is 2.76. The minimum absolute atomic E-state index is 0.315. The molecule has 2 aromatic heterocycles. The van der Waals surface area contributed by atoms with E-state index in [2.05, 4.69) is 21.5 Å². The quantitative estimate of drug-likeness (QED) is 0.666. The minimum Gasteiger partial charge on any atom is -0.497 e. The van der Waals surface area contributed by atoms with Crippen LogP contribution in [-0.2, 0) is 12.4 Å². The Balaban J connectivity index is 2.02. The first-order valence-electron chi connectivity index (χ1n) is 6.71. The van der Waals surface area contributed by atoms with Crippen molar-refractivity contribution in [3.05, 3.63) is 40.6 Å². The lowest BCUT2D eigenvalue weighted by molar-refractivity contribution is 0.415. The van der Waals surface area contributed by atoms with E-state index < -0.39 is 0 Å². The molecule has 1 atom stereocenters. The Morgan fingerprint density at radius 2 is 2.29 bits per heavy atom. The fourth-order valence-electron chi connectivity index (χ4n) is 2.41. The molecule has 0 N–H and O–H groups in total. The summed E-state index contributed by atoms with van der Waals surface area (Å²) >= 11 is 7.73. The Kier molecular flexibility index (Phi) is 4.12. The van der Waals surface area contributed by atoms with Crippen molar-refractivity contribution >= 4 is 34.0 Å². The first kappa shape index (κ1) is 14.4. The summed E-state index contributed by atoms with van der Waals surface area (Å²) in [7, 11) is 1.67. The van der Waals surface area contributed by atoms with E-state index in [0.717, 1.165) is 34.2 Å². The number of methoxy groups -OCH3 is 1. The highest BCUT2D eigenvalue weighted by atomic mass is 35.5. The summed E-state index contributed by atoms with van der Waals surface area (Å²) in [5, 5.41) is 3.13. The summed E-state index contributed by atoms with van der Waals surface area (Å²) < 4.78 is 7.48. The molecule has 3 aromatic rings. The van der Waals surface area contributed by atoms with E-state index in [9.17, 15) is 0 Å². The van der Waals surface area contributed by atoms with Gasteiger partial charge in [0.15, 0.2) is 0 Å². The largest absolute Gasteiger partial charge is 0.497 e. The van der Waals surface area contributed by atoms with Crippen LogP contribution in [0, 0.1) is 0 Å². The van der Waals surface area contributed by atoms with Gasteiger partial charge in [-0.2, -0.15) is 0 Å². The summed E-state index contributed by atoms with van der Waals surface area (Å²) in [5.41, 5.74) is 1.99. The van der Waals surface area contributed by atoms with Crippen molar-refractivity contribution in [2.45, 2.75) is 25.3 Å². The SMILES string of the molecule is COc1ccc2nc(CCl)n(CC(C)c3nccs3)c2c1. The van der Waals surface area contributed by atoms with Crippen LogP contribution in [0.4, 0.5) is 0 Å². The molecule has 0 aliphatic rings. The first-order chi connectivity index (χ1) is 10.2. The number of halogens is 1. The van der Waals surface area contributed by atoms with E-state index in [1.807, 2.05) is 29.8 Å². The zero-order chi connectivity index (χ0) is 14.8. The number of nitrogens with zero attached hydrogens (tertiary/aromatic N) is 3. The van der Waals surface area contributed by atoms with Crippen molar-refractivity contribution in [2.75, 3.05) is 7.11 Å². The third-order valence-electron chi connectivity index (χ3n) is 3.48. The summed E-state index contributed by atoms with van der Waals surface area (Å²) in [5.74, 6) is 2.41. The zero-order valence-corrected chi connectivity index (χ0v) is 13.5. The normalized spacial score (nSPS) is 12.7. The van der Waals surface area contributed by atoms with Crippen molar-refractivity contribution in [2.24, 2.45) is 0 Å². The monoisotopic (exact) mass is 321 g/mol. The Morgan fingerprint density at radius 1 is 1.43 bits per heavy atom. The number of ether oxygens (including phenoxy) is 1. The van der Waals surface area contributed by atoms with Crippen molar-refractivity contribution < 1.29 is 4.74 Å². The number of hydrogen-bond acceptors (Lipinski definition) is 4. The number of rotatable bonds is 5. The number of benzene rings is 1. The van der Waals surface area contributed by atoms with E-state index in [1.54, 1.807) is 18.4 Å². The minimum atomic E-state index is 0.315. The van der Waals surface area contributed by atoms with Gasteiger partial charge in [0.25, 0.3) is 0 Å². The van der Waals surface area contributed by atoms with Crippen LogP contribution in [0.15, 0.2) is 29.8 Å². The van der Waals surface area contributed by atoms with E-state index in [4.69, 9.17) is 16.3 Å². The maximum absolute atomic E-state index is 6.06. The number of aromatic nitrogens is 3. The molecule has 6 heteroatoms. The molecule has 0 saturated carbocycles. The molecule has 2 heterocycles. The lowest BCUT2D eigenvalue weighted by atomic mass is 10.2. The van der Waals surface area contributed by atoms with Gasteiger partial charge in [0.2, 0.25) is 0 Å². The van der Waals surface area contributed by atoms with Gasteiger partial charge in [-0.25, -0.2) is 9.97 Å². The van der Waals surface area contributed by atoms with Gasteiger partial charge in [-0.3, -0.25) is 0 Å². The van der Waals surface area contributed by atoms with Crippen molar-refractivity contribution in [3.8, 4) is 5.75 Å². The molecule has 4 nitrogen and oxygen atoms in total. The van der Waals surface area contributed by atoms with E-state index in [-0.39, 0.29) is 0 Å². The first-order valence-corrected chi connectivity index (χ1v) is 8.13. The Morgan fingerprint density at radius 3 is 2.95 bits per heavy atom. The lowest BCUT2D eigenvalue weighted by Crippen LogP contribution is -2.09. The van der Waals surface area contributed by atoms with Crippen LogP contribution in [0.3, 0.4) is 0 Å². The van der Waals surface area contributed by atoms with Gasteiger partial charge in [0.05, 0.1) is 29.0 Å². The molecular weight excluding hydrogens is 306 g/mol. The Hall–Kier alpha value is -1.59. The molecule has 0 fully saturated rings. The van der Waals surface area contributed by atoms with Crippen molar-refractivity contribution in [1.29, 1.82) is 0 Å². The fraction of sp³-hybridized carbons (Fsp3) is 0.333. The number of hydrogen-bond donors (Lipinski definition) is 0. The molecule has 110 valence electrons. The molecule has 3 rings (SSSR count). The van der Waals surface area contributed by atoms with Crippen LogP contribution in [0.25, 0.3) is 11.0 Å². The molecule has 1 unspecified atom stereocenters. The Bertz CT molecular complexity index is 739. The predicted octanol–water partition coefficient (Wildman–Crippen LogP) is 4.04. The van der Waals surface area contributed by atoms with Crippen molar-refractivity contribution in [3.63, 3.8) is 0 Å². The molecule has 0 radical (unpaired) electrons. The van der Waals surface area contributed by atoms with Gasteiger partial charge in [-0.1, -0.05) is 6.92 Å². The molecule has 1 aromatic carbocycles. The van der Waals surface area contributed by atoms with Crippen LogP contribution < -0.4 is 4.74 Å². The molecule has 0 aliphatic carbocycles. The second-order valence-corrected chi connectivity index (χ2v) is 6.09. The number of alkyl halides is 1. The van der Waals surface area contributed by atoms with Crippen LogP contribution in [0.5, 0.6) is 5.75 Å². The molecule has 0 saturated heterocycles. The summed E-state index contributed by atoms with van der Waals surface area (Å²) in [4.78, 5) is 8.99. The molecule has 0 bridgehead atoms. The summed E-state index contributed by atoms with van der Waals surface area (Å²) in [6.07, 6.45) is 1.84. The lowest BCUT2D eigenvalue weighted by Gasteiger charge is -2.13. The maximum Gasteiger partial charge on any atom is 0.124 e. The molecular formula is C15H16ClN3OS. The van der Waals surface area contributed by atoms with Crippen LogP contribution in [-0.4, -0.2) is 21.6 Å². The third-order valence-corrected chi connectivity index (χ3v) is 4.73. The molecule has 0 spiro atoms. The standard InChI is InChI=1S/C15H16ClN3OS/c1-10(15-17-5-6-21-15)9-19-13-7-11(20-2)3-4-12(13)18-14(19)8-16/h3-7,10H,8-9H2,1-2H3. The van der Waals surface area contributed by atoms with E-state index in [0.29, 0.717) is 11.8 Å². The molecule has 21 heavy (non-hydrogen) atoms. The maximum atomic E-state index is 6.06. The zero-order valence-electron chi connectivity index (χ0n) is 11.9. The summed E-state index contributed by atoms with van der Waals surface area (Å²) in [6.45, 7) is 2.97. The average molecular weight is 322 g/mol. The summed E-state index contributed by atoms with van der Waals surface area (Å²) in [6, 6.07) is 5.89. The van der Waals surface area contributed by atoms with Gasteiger partial charge in [0.1, 0.15) is 11.6 Å².